The number of rotatable bonds is 7. The third-order valence-electron chi connectivity index (χ3n) is 4.23. The summed E-state index contributed by atoms with van der Waals surface area (Å²) < 4.78 is 6.37. The van der Waals surface area contributed by atoms with E-state index in [-0.39, 0.29) is 16.2 Å². The molecule has 28 heavy (non-hydrogen) atoms. The van der Waals surface area contributed by atoms with Gasteiger partial charge >= 0.3 is 5.97 Å². The van der Waals surface area contributed by atoms with Crippen LogP contribution in [0.15, 0.2) is 40.5 Å². The number of esters is 1. The SMILES string of the molecule is COC(=O)c1ccc2c(=O)n(CCCC(=O)NCc3cccs3)c(=S)[nH]c2c1. The summed E-state index contributed by atoms with van der Waals surface area (Å²) in [7, 11) is 1.29. The zero-order valence-electron chi connectivity index (χ0n) is 15.2. The number of ether oxygens (including phenoxy) is 1. The largest absolute Gasteiger partial charge is 0.465 e. The molecule has 7 nitrogen and oxygen atoms in total. The van der Waals surface area contributed by atoms with Gasteiger partial charge < -0.3 is 15.0 Å². The molecule has 0 aliphatic heterocycles. The third-order valence-corrected chi connectivity index (χ3v) is 5.43. The van der Waals surface area contributed by atoms with Crippen molar-refractivity contribution in [1.82, 2.24) is 14.9 Å². The number of hydrogen-bond acceptors (Lipinski definition) is 6. The maximum atomic E-state index is 12.7. The van der Waals surface area contributed by atoms with E-state index in [1.54, 1.807) is 23.5 Å². The first-order valence-electron chi connectivity index (χ1n) is 8.64. The minimum Gasteiger partial charge on any atom is -0.465 e. The number of nitrogens with one attached hydrogen (secondary N) is 2. The molecule has 0 saturated heterocycles. The molecule has 0 saturated carbocycles. The number of thiophene rings is 1. The molecule has 0 spiro atoms. The van der Waals surface area contributed by atoms with Gasteiger partial charge in [-0.25, -0.2) is 4.79 Å². The van der Waals surface area contributed by atoms with Gasteiger partial charge in [-0.15, -0.1) is 11.3 Å². The van der Waals surface area contributed by atoms with E-state index in [1.807, 2.05) is 17.5 Å². The number of fused-ring (bicyclic) bond motifs is 1. The van der Waals surface area contributed by atoms with Gasteiger partial charge in [-0.2, -0.15) is 0 Å². The van der Waals surface area contributed by atoms with Gasteiger partial charge in [0.1, 0.15) is 0 Å². The van der Waals surface area contributed by atoms with Gasteiger partial charge in [0, 0.05) is 17.8 Å². The van der Waals surface area contributed by atoms with Gasteiger partial charge in [0.05, 0.1) is 30.1 Å². The van der Waals surface area contributed by atoms with Gasteiger partial charge in [0.25, 0.3) is 5.56 Å². The molecule has 0 atom stereocenters. The van der Waals surface area contributed by atoms with Crippen molar-refractivity contribution in [1.29, 1.82) is 0 Å². The van der Waals surface area contributed by atoms with Gasteiger partial charge in [-0.1, -0.05) is 6.07 Å². The van der Waals surface area contributed by atoms with Gasteiger partial charge in [0.15, 0.2) is 4.77 Å². The van der Waals surface area contributed by atoms with Crippen molar-refractivity contribution in [2.45, 2.75) is 25.9 Å². The number of amides is 1. The van der Waals surface area contributed by atoms with Crippen LogP contribution in [0.3, 0.4) is 0 Å². The molecular weight excluding hydrogens is 398 g/mol. The van der Waals surface area contributed by atoms with Crippen LogP contribution in [0.5, 0.6) is 0 Å². The number of carbonyl (C=O) groups excluding carboxylic acids is 2. The number of aromatic amines is 1. The average molecular weight is 418 g/mol. The summed E-state index contributed by atoms with van der Waals surface area (Å²) in [6.07, 6.45) is 0.783. The van der Waals surface area contributed by atoms with E-state index in [0.29, 0.717) is 42.4 Å². The molecule has 146 valence electrons. The molecule has 3 aromatic rings. The second-order valence-corrected chi connectivity index (χ2v) is 7.52. The van der Waals surface area contributed by atoms with Crippen molar-refractivity contribution in [3.63, 3.8) is 0 Å². The Bertz CT molecular complexity index is 1120. The van der Waals surface area contributed by atoms with E-state index in [0.717, 1.165) is 4.88 Å². The second-order valence-electron chi connectivity index (χ2n) is 6.10. The molecule has 9 heteroatoms. The highest BCUT2D eigenvalue weighted by atomic mass is 32.1. The first kappa shape index (κ1) is 20.0. The Morgan fingerprint density at radius 3 is 2.86 bits per heavy atom. The highest BCUT2D eigenvalue weighted by Gasteiger charge is 2.11. The van der Waals surface area contributed by atoms with Crippen LogP contribution in [0.4, 0.5) is 0 Å². The minimum absolute atomic E-state index is 0.0696. The Hall–Kier alpha value is -2.78. The molecule has 0 fully saturated rings. The molecule has 2 aromatic heterocycles. The van der Waals surface area contributed by atoms with E-state index in [9.17, 15) is 14.4 Å². The second kappa shape index (κ2) is 8.94. The van der Waals surface area contributed by atoms with Gasteiger partial charge in [0.2, 0.25) is 5.91 Å². The predicted octanol–water partition coefficient (Wildman–Crippen LogP) is 3.00. The number of nitrogens with zero attached hydrogens (tertiary/aromatic N) is 1. The minimum atomic E-state index is -0.487. The summed E-state index contributed by atoms with van der Waals surface area (Å²) in [5.41, 5.74) is 0.553. The number of hydrogen-bond donors (Lipinski definition) is 2. The topological polar surface area (TPSA) is 93.2 Å². The Balaban J connectivity index is 1.67. The number of carbonyl (C=O) groups is 2. The fraction of sp³-hybridized carbons (Fsp3) is 0.263. The van der Waals surface area contributed by atoms with Crippen molar-refractivity contribution in [2.24, 2.45) is 0 Å². The summed E-state index contributed by atoms with van der Waals surface area (Å²) in [5, 5.41) is 5.24. The molecule has 0 unspecified atom stereocenters. The Kier molecular flexibility index (Phi) is 6.37. The molecule has 0 bridgehead atoms. The smallest absolute Gasteiger partial charge is 0.337 e. The van der Waals surface area contributed by atoms with Crippen LogP contribution in [0, 0.1) is 4.77 Å². The van der Waals surface area contributed by atoms with Crippen LogP contribution in [-0.2, 0) is 22.6 Å². The molecule has 0 aliphatic carbocycles. The quantitative estimate of drug-likeness (QED) is 0.455. The average Bonchev–Trinajstić information content (AvgIpc) is 3.21. The van der Waals surface area contributed by atoms with E-state index >= 15 is 0 Å². The van der Waals surface area contributed by atoms with E-state index < -0.39 is 5.97 Å². The van der Waals surface area contributed by atoms with Crippen molar-refractivity contribution in [3.05, 3.63) is 61.3 Å². The van der Waals surface area contributed by atoms with Gasteiger partial charge in [-0.05, 0) is 48.3 Å². The lowest BCUT2D eigenvalue weighted by atomic mass is 10.1. The van der Waals surface area contributed by atoms with Crippen molar-refractivity contribution in [2.75, 3.05) is 7.11 Å². The lowest BCUT2D eigenvalue weighted by Gasteiger charge is -2.09. The first-order valence-corrected chi connectivity index (χ1v) is 9.92. The molecule has 1 amide bonds. The molecule has 2 heterocycles. The Morgan fingerprint density at radius 1 is 1.32 bits per heavy atom. The molecule has 2 N–H and O–H groups in total. The molecule has 0 radical (unpaired) electrons. The zero-order chi connectivity index (χ0) is 20.1. The summed E-state index contributed by atoms with van der Waals surface area (Å²) >= 11 is 6.87. The van der Waals surface area contributed by atoms with E-state index in [2.05, 4.69) is 15.0 Å². The Morgan fingerprint density at radius 2 is 2.14 bits per heavy atom. The molecule has 0 aliphatic rings. The van der Waals surface area contributed by atoms with Crippen LogP contribution in [0.25, 0.3) is 10.9 Å². The highest BCUT2D eigenvalue weighted by Crippen LogP contribution is 2.12. The van der Waals surface area contributed by atoms with Crippen molar-refractivity contribution < 1.29 is 14.3 Å². The summed E-state index contributed by atoms with van der Waals surface area (Å²) in [4.78, 5) is 40.4. The van der Waals surface area contributed by atoms with Crippen LogP contribution in [0.2, 0.25) is 0 Å². The van der Waals surface area contributed by atoms with Crippen LogP contribution in [0.1, 0.15) is 28.1 Å². The standard InChI is InChI=1S/C19H19N3O4S2/c1-26-18(25)12-6-7-14-15(10-12)21-19(27)22(17(14)24)8-2-5-16(23)20-11-13-4-3-9-28-13/h3-4,6-7,9-10H,2,5,8,11H2,1H3,(H,20,23)(H,21,27). The lowest BCUT2D eigenvalue weighted by Crippen LogP contribution is -2.25. The molecule has 3 rings (SSSR count). The third kappa shape index (κ3) is 4.55. The first-order chi connectivity index (χ1) is 13.5. The fourth-order valence-corrected chi connectivity index (χ4v) is 3.72. The maximum Gasteiger partial charge on any atom is 0.337 e. The van der Waals surface area contributed by atoms with E-state index in [1.165, 1.54) is 17.7 Å². The van der Waals surface area contributed by atoms with E-state index in [4.69, 9.17) is 12.2 Å². The van der Waals surface area contributed by atoms with Gasteiger partial charge in [-0.3, -0.25) is 14.2 Å². The van der Waals surface area contributed by atoms with Crippen molar-refractivity contribution in [3.8, 4) is 0 Å². The van der Waals surface area contributed by atoms with Crippen LogP contribution < -0.4 is 10.9 Å². The number of methoxy groups -OCH3 is 1. The van der Waals surface area contributed by atoms with Crippen LogP contribution in [-0.4, -0.2) is 28.5 Å². The summed E-state index contributed by atoms with van der Waals surface area (Å²) in [6.45, 7) is 0.838. The fourth-order valence-electron chi connectivity index (χ4n) is 2.79. The van der Waals surface area contributed by atoms with Crippen molar-refractivity contribution >= 4 is 46.3 Å². The Labute approximate surface area is 170 Å². The predicted molar refractivity (Wildman–Crippen MR) is 110 cm³/mol. The number of H-pyrrole nitrogens is 1. The normalized spacial score (nSPS) is 10.8. The summed E-state index contributed by atoms with van der Waals surface area (Å²) in [6, 6.07) is 8.55. The molecule has 1 aromatic carbocycles. The lowest BCUT2D eigenvalue weighted by molar-refractivity contribution is -0.121. The zero-order valence-corrected chi connectivity index (χ0v) is 16.8. The highest BCUT2D eigenvalue weighted by molar-refractivity contribution is 7.71. The van der Waals surface area contributed by atoms with Crippen LogP contribution >= 0.6 is 23.6 Å². The maximum absolute atomic E-state index is 12.7. The summed E-state index contributed by atoms with van der Waals surface area (Å²) in [5.74, 6) is -0.557. The number of aromatic nitrogens is 2. The number of benzene rings is 1. The molecular formula is C19H19N3O4S2. The monoisotopic (exact) mass is 417 g/mol.